The molecule has 0 N–H and O–H groups in total. The summed E-state index contributed by atoms with van der Waals surface area (Å²) in [6.07, 6.45) is 1.59. The highest BCUT2D eigenvalue weighted by Crippen LogP contribution is 2.29. The van der Waals surface area contributed by atoms with Gasteiger partial charge in [-0.3, -0.25) is 9.59 Å². The molecule has 2 aliphatic rings. The van der Waals surface area contributed by atoms with Crippen molar-refractivity contribution in [3.63, 3.8) is 0 Å². The van der Waals surface area contributed by atoms with Crippen molar-refractivity contribution in [3.05, 3.63) is 53.4 Å². The van der Waals surface area contributed by atoms with E-state index in [2.05, 4.69) is 4.98 Å². The van der Waals surface area contributed by atoms with Crippen LogP contribution in [0.2, 0.25) is 5.02 Å². The fourth-order valence-electron chi connectivity index (χ4n) is 3.31. The third-order valence-corrected chi connectivity index (χ3v) is 5.06. The van der Waals surface area contributed by atoms with Crippen molar-refractivity contribution in [1.82, 2.24) is 9.88 Å². The van der Waals surface area contributed by atoms with Gasteiger partial charge in [-0.2, -0.15) is 0 Å². The second kappa shape index (κ2) is 7.15. The van der Waals surface area contributed by atoms with E-state index in [1.54, 1.807) is 35.4 Å². The lowest BCUT2D eigenvalue weighted by Crippen LogP contribution is -2.57. The van der Waals surface area contributed by atoms with E-state index in [9.17, 15) is 14.0 Å². The van der Waals surface area contributed by atoms with Gasteiger partial charge in [-0.1, -0.05) is 11.6 Å². The number of ether oxygens (including phenoxy) is 1. The van der Waals surface area contributed by atoms with E-state index in [1.807, 2.05) is 0 Å². The molecule has 1 aromatic heterocycles. The van der Waals surface area contributed by atoms with Gasteiger partial charge in [0.2, 0.25) is 17.7 Å². The lowest BCUT2D eigenvalue weighted by Gasteiger charge is -2.39. The molecule has 4 rings (SSSR count). The van der Waals surface area contributed by atoms with Gasteiger partial charge in [0.05, 0.1) is 19.0 Å². The van der Waals surface area contributed by atoms with E-state index in [1.165, 1.54) is 17.0 Å². The topological polar surface area (TPSA) is 62.7 Å². The first-order valence-electron chi connectivity index (χ1n) is 8.63. The molecule has 0 aliphatic carbocycles. The highest BCUT2D eigenvalue weighted by atomic mass is 35.5. The average Bonchev–Trinajstić information content (AvgIpc) is 3.01. The zero-order chi connectivity index (χ0) is 19.0. The van der Waals surface area contributed by atoms with E-state index >= 15 is 0 Å². The molecule has 1 unspecified atom stereocenters. The summed E-state index contributed by atoms with van der Waals surface area (Å²) in [6.45, 7) is 1.18. The Morgan fingerprint density at radius 1 is 1.19 bits per heavy atom. The van der Waals surface area contributed by atoms with Gasteiger partial charge < -0.3 is 14.5 Å². The molecule has 0 saturated carbocycles. The molecule has 2 saturated heterocycles. The van der Waals surface area contributed by atoms with Crippen LogP contribution in [0.1, 0.15) is 6.42 Å². The third-order valence-electron chi connectivity index (χ3n) is 4.78. The molecule has 2 amide bonds. The summed E-state index contributed by atoms with van der Waals surface area (Å²) < 4.78 is 18.8. The number of carbonyl (C=O) groups is 2. The number of benzene rings is 1. The zero-order valence-corrected chi connectivity index (χ0v) is 15.1. The molecule has 2 fully saturated rings. The van der Waals surface area contributed by atoms with Crippen LogP contribution in [0.25, 0.3) is 0 Å². The predicted molar refractivity (Wildman–Crippen MR) is 97.1 cm³/mol. The molecular formula is C19H17ClFN3O3. The number of halogens is 2. The van der Waals surface area contributed by atoms with E-state index in [4.69, 9.17) is 16.3 Å². The van der Waals surface area contributed by atoms with Crippen LogP contribution in [0.15, 0.2) is 42.6 Å². The molecule has 6 nitrogen and oxygen atoms in total. The molecule has 0 radical (unpaired) electrons. The summed E-state index contributed by atoms with van der Waals surface area (Å²) in [7, 11) is 0. The summed E-state index contributed by atoms with van der Waals surface area (Å²) in [6, 6.07) is 9.11. The fourth-order valence-corrected chi connectivity index (χ4v) is 3.48. The number of likely N-dealkylation sites (tertiary alicyclic amines) is 1. The maximum atomic E-state index is 13.1. The molecule has 3 heterocycles. The van der Waals surface area contributed by atoms with Crippen molar-refractivity contribution >= 4 is 29.1 Å². The van der Waals surface area contributed by atoms with Crippen molar-refractivity contribution in [2.45, 2.75) is 12.5 Å². The van der Waals surface area contributed by atoms with Gasteiger partial charge in [0.15, 0.2) is 0 Å². The first-order chi connectivity index (χ1) is 13.0. The predicted octanol–water partition coefficient (Wildman–Crippen LogP) is 2.52. The minimum Gasteiger partial charge on any atom is -0.470 e. The standard InChI is InChI=1S/C19H17ClFN3O3/c20-16-2-1-7-22-18(16)27-15-10-23(11-15)19(26)12-8-17(25)24(9-12)14-5-3-13(21)4-6-14/h1-7,12,15H,8-11H2. The van der Waals surface area contributed by atoms with E-state index < -0.39 is 5.92 Å². The molecule has 0 bridgehead atoms. The number of nitrogens with zero attached hydrogens (tertiary/aromatic N) is 3. The molecule has 1 atom stereocenters. The number of hydrogen-bond donors (Lipinski definition) is 0. The number of aromatic nitrogens is 1. The van der Waals surface area contributed by atoms with Gasteiger partial charge in [0, 0.05) is 24.8 Å². The normalized spacial score (nSPS) is 19.9. The quantitative estimate of drug-likeness (QED) is 0.806. The Bertz CT molecular complexity index is 871. The smallest absolute Gasteiger partial charge is 0.232 e. The number of hydrogen-bond acceptors (Lipinski definition) is 4. The van der Waals surface area contributed by atoms with Crippen molar-refractivity contribution in [1.29, 1.82) is 0 Å². The molecule has 2 aromatic rings. The number of pyridine rings is 1. The van der Waals surface area contributed by atoms with Crippen LogP contribution in [-0.2, 0) is 9.59 Å². The van der Waals surface area contributed by atoms with Gasteiger partial charge in [-0.15, -0.1) is 0 Å². The van der Waals surface area contributed by atoms with Gasteiger partial charge in [-0.25, -0.2) is 9.37 Å². The Kier molecular flexibility index (Phi) is 4.70. The maximum absolute atomic E-state index is 13.1. The van der Waals surface area contributed by atoms with Crippen molar-refractivity contribution in [3.8, 4) is 5.88 Å². The highest BCUT2D eigenvalue weighted by Gasteiger charge is 2.41. The second-order valence-corrected chi connectivity index (χ2v) is 7.06. The summed E-state index contributed by atoms with van der Waals surface area (Å²) in [5.41, 5.74) is 0.603. The van der Waals surface area contributed by atoms with Crippen LogP contribution in [-0.4, -0.2) is 47.4 Å². The molecular weight excluding hydrogens is 373 g/mol. The Morgan fingerprint density at radius 3 is 2.63 bits per heavy atom. The Hall–Kier alpha value is -2.67. The van der Waals surface area contributed by atoms with Crippen LogP contribution in [0.3, 0.4) is 0 Å². The SMILES string of the molecule is O=C(C1CC(=O)N(c2ccc(F)cc2)C1)N1CC(Oc2ncccc2Cl)C1. The van der Waals surface area contributed by atoms with Crippen molar-refractivity contribution < 1.29 is 18.7 Å². The molecule has 2 aliphatic heterocycles. The summed E-state index contributed by atoms with van der Waals surface area (Å²) in [5.74, 6) is -0.608. The van der Waals surface area contributed by atoms with Crippen LogP contribution >= 0.6 is 11.6 Å². The monoisotopic (exact) mass is 389 g/mol. The van der Waals surface area contributed by atoms with Gasteiger partial charge in [0.1, 0.15) is 16.9 Å². The van der Waals surface area contributed by atoms with E-state index in [0.717, 1.165) is 0 Å². The summed E-state index contributed by atoms with van der Waals surface area (Å²) >= 11 is 6.02. The lowest BCUT2D eigenvalue weighted by molar-refractivity contribution is -0.144. The third kappa shape index (κ3) is 3.60. The minimum absolute atomic E-state index is 0.0695. The Balaban J connectivity index is 1.33. The number of carbonyl (C=O) groups excluding carboxylic acids is 2. The summed E-state index contributed by atoms with van der Waals surface area (Å²) in [5, 5.41) is 0.429. The first-order valence-corrected chi connectivity index (χ1v) is 9.01. The van der Waals surface area contributed by atoms with Gasteiger partial charge in [-0.05, 0) is 36.4 Å². The highest BCUT2D eigenvalue weighted by molar-refractivity contribution is 6.31. The van der Waals surface area contributed by atoms with Crippen molar-refractivity contribution in [2.75, 3.05) is 24.5 Å². The van der Waals surface area contributed by atoms with Gasteiger partial charge in [0.25, 0.3) is 0 Å². The molecule has 140 valence electrons. The second-order valence-electron chi connectivity index (χ2n) is 6.66. The van der Waals surface area contributed by atoms with Crippen LogP contribution in [0.5, 0.6) is 5.88 Å². The Morgan fingerprint density at radius 2 is 1.93 bits per heavy atom. The zero-order valence-electron chi connectivity index (χ0n) is 14.3. The van der Waals surface area contributed by atoms with Crippen LogP contribution in [0, 0.1) is 11.7 Å². The average molecular weight is 390 g/mol. The molecule has 0 spiro atoms. The Labute approximate surface area is 160 Å². The number of amides is 2. The van der Waals surface area contributed by atoms with Crippen LogP contribution in [0.4, 0.5) is 10.1 Å². The number of rotatable bonds is 4. The van der Waals surface area contributed by atoms with Crippen molar-refractivity contribution in [2.24, 2.45) is 5.92 Å². The number of anilines is 1. The van der Waals surface area contributed by atoms with Crippen LogP contribution < -0.4 is 9.64 Å². The molecule has 1 aromatic carbocycles. The lowest BCUT2D eigenvalue weighted by atomic mass is 10.0. The van der Waals surface area contributed by atoms with E-state index in [0.29, 0.717) is 36.2 Å². The summed E-state index contributed by atoms with van der Waals surface area (Å²) in [4.78, 5) is 32.2. The fraction of sp³-hybridized carbons (Fsp3) is 0.316. The minimum atomic E-state index is -0.401. The van der Waals surface area contributed by atoms with Gasteiger partial charge >= 0.3 is 0 Å². The largest absolute Gasteiger partial charge is 0.470 e. The maximum Gasteiger partial charge on any atom is 0.232 e. The first kappa shape index (κ1) is 17.7. The molecule has 27 heavy (non-hydrogen) atoms. The molecule has 8 heteroatoms. The van der Waals surface area contributed by atoms with E-state index in [-0.39, 0.29) is 30.2 Å².